The zero-order valence-corrected chi connectivity index (χ0v) is 12.2. The van der Waals surface area contributed by atoms with Gasteiger partial charge in [0.1, 0.15) is 0 Å². The first-order valence-corrected chi connectivity index (χ1v) is 8.24. The van der Waals surface area contributed by atoms with Crippen LogP contribution in [0.1, 0.15) is 41.8 Å². The lowest BCUT2D eigenvalue weighted by Crippen LogP contribution is -2.46. The van der Waals surface area contributed by atoms with E-state index >= 15 is 0 Å². The number of Topliss-reactive ketones (excluding diaryl/α,β-unsaturated/α-hetero) is 1. The molecule has 3 heteroatoms. The summed E-state index contributed by atoms with van der Waals surface area (Å²) in [5.74, 6) is 0.498. The number of hydrogen-bond donors (Lipinski definition) is 0. The van der Waals surface area contributed by atoms with E-state index in [-0.39, 0.29) is 11.5 Å². The molecule has 1 saturated heterocycles. The van der Waals surface area contributed by atoms with Gasteiger partial charge in [0, 0.05) is 17.2 Å². The quantitative estimate of drug-likeness (QED) is 0.763. The number of fused-ring (bicyclic) bond motifs is 1. The van der Waals surface area contributed by atoms with E-state index in [1.165, 1.54) is 16.5 Å². The van der Waals surface area contributed by atoms with Crippen molar-refractivity contribution in [1.29, 1.82) is 0 Å². The molecule has 2 fully saturated rings. The first-order valence-electron chi connectivity index (χ1n) is 7.43. The highest BCUT2D eigenvalue weighted by Crippen LogP contribution is 2.45. The lowest BCUT2D eigenvalue weighted by Gasteiger charge is -2.46. The van der Waals surface area contributed by atoms with Gasteiger partial charge in [-0.25, -0.2) is 0 Å². The molecule has 1 atom stereocenters. The number of carbonyl (C=O) groups is 1. The van der Waals surface area contributed by atoms with Crippen LogP contribution in [0.15, 0.2) is 30.3 Å². The predicted octanol–water partition coefficient (Wildman–Crippen LogP) is 4.43. The van der Waals surface area contributed by atoms with E-state index in [1.807, 2.05) is 12.1 Å². The number of rotatable bonds is 2. The first kappa shape index (κ1) is 12.5. The van der Waals surface area contributed by atoms with Gasteiger partial charge >= 0.3 is 0 Å². The van der Waals surface area contributed by atoms with Gasteiger partial charge < -0.3 is 4.74 Å². The average molecular weight is 286 g/mol. The third-order valence-corrected chi connectivity index (χ3v) is 5.93. The molecule has 1 unspecified atom stereocenters. The van der Waals surface area contributed by atoms with E-state index in [2.05, 4.69) is 18.2 Å². The molecule has 0 N–H and O–H groups in total. The minimum Gasteiger partial charge on any atom is -0.375 e. The molecule has 2 aromatic rings. The molecule has 0 amide bonds. The van der Waals surface area contributed by atoms with E-state index in [4.69, 9.17) is 4.74 Å². The molecule has 1 spiro atoms. The summed E-state index contributed by atoms with van der Waals surface area (Å²) in [6, 6.07) is 10.3. The molecule has 1 aliphatic heterocycles. The monoisotopic (exact) mass is 286 g/mol. The second kappa shape index (κ2) is 4.68. The zero-order chi connectivity index (χ0) is 13.6. The minimum atomic E-state index is 0.0509. The van der Waals surface area contributed by atoms with Gasteiger partial charge in [-0.05, 0) is 49.6 Å². The van der Waals surface area contributed by atoms with Crippen molar-refractivity contribution >= 4 is 27.2 Å². The molecule has 0 radical (unpaired) electrons. The number of carbonyl (C=O) groups excluding carboxylic acids is 1. The third-order valence-electron chi connectivity index (χ3n) is 4.80. The number of benzene rings is 1. The van der Waals surface area contributed by atoms with Crippen molar-refractivity contribution in [2.24, 2.45) is 5.92 Å². The second-order valence-electron chi connectivity index (χ2n) is 6.09. The summed E-state index contributed by atoms with van der Waals surface area (Å²) in [6.45, 7) is 0.751. The van der Waals surface area contributed by atoms with Gasteiger partial charge in [-0.1, -0.05) is 18.2 Å². The van der Waals surface area contributed by atoms with Crippen LogP contribution in [0.5, 0.6) is 0 Å². The Kier molecular flexibility index (Phi) is 2.93. The fourth-order valence-electron chi connectivity index (χ4n) is 3.48. The Morgan fingerprint density at radius 3 is 2.90 bits per heavy atom. The van der Waals surface area contributed by atoms with Crippen LogP contribution in [0.25, 0.3) is 10.1 Å². The number of thiophene rings is 1. The lowest BCUT2D eigenvalue weighted by atomic mass is 9.71. The Labute approximate surface area is 122 Å². The molecule has 1 aliphatic carbocycles. The maximum absolute atomic E-state index is 12.8. The molecule has 20 heavy (non-hydrogen) atoms. The van der Waals surface area contributed by atoms with Crippen LogP contribution < -0.4 is 0 Å². The fourth-order valence-corrected chi connectivity index (χ4v) is 4.56. The van der Waals surface area contributed by atoms with Crippen LogP contribution in [-0.4, -0.2) is 18.0 Å². The largest absolute Gasteiger partial charge is 0.375 e. The van der Waals surface area contributed by atoms with E-state index in [0.29, 0.717) is 5.78 Å². The molecule has 104 valence electrons. The third kappa shape index (κ3) is 2.00. The second-order valence-corrected chi connectivity index (χ2v) is 7.17. The van der Waals surface area contributed by atoms with Gasteiger partial charge in [0.25, 0.3) is 0 Å². The fraction of sp³-hybridized carbons (Fsp3) is 0.471. The summed E-state index contributed by atoms with van der Waals surface area (Å²) in [6.07, 6.45) is 5.35. The standard InChI is InChI=1S/C17H18O2S/c18-16(13-6-9-19-17(11-13)7-3-8-17)15-10-12-4-1-2-5-14(12)20-15/h1-2,4-5,10,13H,3,6-9,11H2. The van der Waals surface area contributed by atoms with Crippen molar-refractivity contribution in [3.63, 3.8) is 0 Å². The van der Waals surface area contributed by atoms with Crippen LogP contribution in [-0.2, 0) is 4.74 Å². The van der Waals surface area contributed by atoms with Gasteiger partial charge in [-0.15, -0.1) is 11.3 Å². The summed E-state index contributed by atoms with van der Waals surface area (Å²) in [5, 5.41) is 1.19. The first-order chi connectivity index (χ1) is 9.76. The summed E-state index contributed by atoms with van der Waals surface area (Å²) >= 11 is 1.63. The predicted molar refractivity (Wildman–Crippen MR) is 81.4 cm³/mol. The molecule has 2 heterocycles. The number of ether oxygens (including phenoxy) is 1. The van der Waals surface area contributed by atoms with E-state index < -0.39 is 0 Å². The van der Waals surface area contributed by atoms with Gasteiger partial charge in [0.2, 0.25) is 0 Å². The number of hydrogen-bond acceptors (Lipinski definition) is 3. The summed E-state index contributed by atoms with van der Waals surface area (Å²) in [7, 11) is 0. The van der Waals surface area contributed by atoms with Crippen LogP contribution in [0, 0.1) is 5.92 Å². The minimum absolute atomic E-state index is 0.0509. The maximum Gasteiger partial charge on any atom is 0.176 e. The Bertz CT molecular complexity index is 621. The van der Waals surface area contributed by atoms with Crippen LogP contribution in [0.4, 0.5) is 0 Å². The van der Waals surface area contributed by atoms with Gasteiger partial charge in [-0.3, -0.25) is 4.79 Å². The van der Waals surface area contributed by atoms with E-state index in [9.17, 15) is 4.79 Å². The molecule has 1 aromatic heterocycles. The van der Waals surface area contributed by atoms with Crippen molar-refractivity contribution in [2.45, 2.75) is 37.7 Å². The highest BCUT2D eigenvalue weighted by Gasteiger charge is 2.44. The zero-order valence-electron chi connectivity index (χ0n) is 11.4. The Hall–Kier alpha value is -1.19. The lowest BCUT2D eigenvalue weighted by molar-refractivity contribution is -0.137. The average Bonchev–Trinajstić information content (AvgIpc) is 2.89. The van der Waals surface area contributed by atoms with Crippen molar-refractivity contribution in [2.75, 3.05) is 6.61 Å². The van der Waals surface area contributed by atoms with E-state index in [0.717, 1.165) is 37.2 Å². The molecule has 2 aliphatic rings. The van der Waals surface area contributed by atoms with Crippen molar-refractivity contribution in [1.82, 2.24) is 0 Å². The van der Waals surface area contributed by atoms with Crippen molar-refractivity contribution in [3.8, 4) is 0 Å². The highest BCUT2D eigenvalue weighted by molar-refractivity contribution is 7.20. The van der Waals surface area contributed by atoms with Crippen molar-refractivity contribution in [3.05, 3.63) is 35.2 Å². The molecular weight excluding hydrogens is 268 g/mol. The molecule has 4 rings (SSSR count). The van der Waals surface area contributed by atoms with Gasteiger partial charge in [-0.2, -0.15) is 0 Å². The Morgan fingerprint density at radius 2 is 2.15 bits per heavy atom. The topological polar surface area (TPSA) is 26.3 Å². The van der Waals surface area contributed by atoms with E-state index in [1.54, 1.807) is 11.3 Å². The van der Waals surface area contributed by atoms with Crippen LogP contribution >= 0.6 is 11.3 Å². The molecule has 1 aromatic carbocycles. The summed E-state index contributed by atoms with van der Waals surface area (Å²) < 4.78 is 7.14. The molecular formula is C17H18O2S. The number of ketones is 1. The van der Waals surface area contributed by atoms with Crippen LogP contribution in [0.3, 0.4) is 0 Å². The highest BCUT2D eigenvalue weighted by atomic mass is 32.1. The Balaban J connectivity index is 1.59. The Morgan fingerprint density at radius 1 is 1.30 bits per heavy atom. The molecule has 2 nitrogen and oxygen atoms in total. The molecule has 0 bridgehead atoms. The maximum atomic E-state index is 12.8. The molecule has 1 saturated carbocycles. The summed E-state index contributed by atoms with van der Waals surface area (Å²) in [5.41, 5.74) is 0.0509. The SMILES string of the molecule is O=C(c1cc2ccccc2s1)C1CCOC2(CCC2)C1. The normalized spacial score (nSPS) is 24.7. The smallest absolute Gasteiger partial charge is 0.176 e. The summed E-state index contributed by atoms with van der Waals surface area (Å²) in [4.78, 5) is 13.7. The van der Waals surface area contributed by atoms with Gasteiger partial charge in [0.05, 0.1) is 10.5 Å². The van der Waals surface area contributed by atoms with Gasteiger partial charge in [0.15, 0.2) is 5.78 Å². The van der Waals surface area contributed by atoms with Crippen molar-refractivity contribution < 1.29 is 9.53 Å². The van der Waals surface area contributed by atoms with Crippen LogP contribution in [0.2, 0.25) is 0 Å².